The van der Waals surface area contributed by atoms with Gasteiger partial charge >= 0.3 is 0 Å². The molecule has 6 rings (SSSR count). The number of benzene rings is 4. The van der Waals surface area contributed by atoms with Crippen LogP contribution in [0.1, 0.15) is 39.3 Å². The van der Waals surface area contributed by atoms with E-state index in [9.17, 15) is 10.1 Å². The maximum Gasteiger partial charge on any atom is 0.179 e. The van der Waals surface area contributed by atoms with Gasteiger partial charge in [-0.15, -0.1) is 11.8 Å². The van der Waals surface area contributed by atoms with E-state index >= 15 is 0 Å². The van der Waals surface area contributed by atoms with Gasteiger partial charge in [0.25, 0.3) is 0 Å². The molecule has 3 unspecified atom stereocenters. The third-order valence-electron chi connectivity index (χ3n) is 7.71. The van der Waals surface area contributed by atoms with Crippen molar-refractivity contribution in [3.63, 3.8) is 0 Å². The van der Waals surface area contributed by atoms with E-state index in [-0.39, 0.29) is 18.3 Å². The summed E-state index contributed by atoms with van der Waals surface area (Å²) in [6, 6.07) is 25.4. The second-order valence-electron chi connectivity index (χ2n) is 10.2. The van der Waals surface area contributed by atoms with Crippen LogP contribution in [0.5, 0.6) is 17.2 Å². The molecular weight excluding hydrogens is 520 g/mol. The number of nitrogens with zero attached hydrogens (tertiary/aromatic N) is 1. The fourth-order valence-electron chi connectivity index (χ4n) is 5.71. The van der Waals surface area contributed by atoms with E-state index in [2.05, 4.69) is 6.07 Å². The number of Topliss-reactive ketones (excluding diaryl/α,β-unsaturated/α-hetero) is 1. The molecule has 40 heavy (non-hydrogen) atoms. The second-order valence-corrected chi connectivity index (χ2v) is 11.2. The summed E-state index contributed by atoms with van der Waals surface area (Å²) in [4.78, 5) is 14.7. The van der Waals surface area contributed by atoms with E-state index in [0.717, 1.165) is 32.9 Å². The van der Waals surface area contributed by atoms with Gasteiger partial charge in [-0.3, -0.25) is 4.79 Å². The predicted octanol–water partition coefficient (Wildman–Crippen LogP) is 5.12. The van der Waals surface area contributed by atoms with Gasteiger partial charge < -0.3 is 26.7 Å². The van der Waals surface area contributed by atoms with Crippen LogP contribution in [0.2, 0.25) is 0 Å². The number of nitrogens with two attached hydrogens (primary N) is 3. The first kappa shape index (κ1) is 26.0. The lowest BCUT2D eigenvalue weighted by Gasteiger charge is -2.41. The minimum absolute atomic E-state index is 0.0878. The van der Waals surface area contributed by atoms with Gasteiger partial charge in [0.2, 0.25) is 0 Å². The highest BCUT2D eigenvalue weighted by Gasteiger charge is 2.52. The summed E-state index contributed by atoms with van der Waals surface area (Å²) in [6.07, 6.45) is 0. The molecule has 4 aromatic rings. The number of hydrogen-bond donors (Lipinski definition) is 3. The number of thioether (sulfide) groups is 1. The molecule has 1 aliphatic carbocycles. The van der Waals surface area contributed by atoms with Crippen molar-refractivity contribution >= 4 is 23.2 Å². The maximum atomic E-state index is 13.7. The summed E-state index contributed by atoms with van der Waals surface area (Å²) < 4.78 is 12.0. The van der Waals surface area contributed by atoms with E-state index < -0.39 is 11.6 Å². The van der Waals surface area contributed by atoms with Gasteiger partial charge in [0.1, 0.15) is 35.5 Å². The summed E-state index contributed by atoms with van der Waals surface area (Å²) >= 11 is 1.64. The third kappa shape index (κ3) is 4.20. The number of nitrogen functional groups attached to an aromatic ring is 1. The lowest BCUT2D eigenvalue weighted by Crippen LogP contribution is -2.59. The Morgan fingerprint density at radius 1 is 1.02 bits per heavy atom. The first-order valence-electron chi connectivity index (χ1n) is 13.0. The summed E-state index contributed by atoms with van der Waals surface area (Å²) in [6.45, 7) is 2.21. The van der Waals surface area contributed by atoms with Crippen LogP contribution in [0.25, 0.3) is 0 Å². The Morgan fingerprint density at radius 2 is 1.80 bits per heavy atom. The Labute approximate surface area is 236 Å². The van der Waals surface area contributed by atoms with Crippen LogP contribution in [-0.4, -0.2) is 17.6 Å². The van der Waals surface area contributed by atoms with E-state index in [0.29, 0.717) is 34.1 Å². The van der Waals surface area contributed by atoms with Crippen LogP contribution in [-0.2, 0) is 16.9 Å². The topological polar surface area (TPSA) is 137 Å². The molecule has 1 aliphatic heterocycles. The predicted molar refractivity (Wildman–Crippen MR) is 155 cm³/mol. The van der Waals surface area contributed by atoms with Crippen molar-refractivity contribution in [2.75, 3.05) is 11.5 Å². The van der Waals surface area contributed by atoms with Gasteiger partial charge in [0, 0.05) is 22.3 Å². The van der Waals surface area contributed by atoms with Crippen molar-refractivity contribution in [2.24, 2.45) is 11.5 Å². The zero-order chi connectivity index (χ0) is 28.0. The number of carbonyl (C=O) groups is 1. The van der Waals surface area contributed by atoms with Crippen LogP contribution >= 0.6 is 11.8 Å². The number of ether oxygens (including phenoxy) is 2. The van der Waals surface area contributed by atoms with Gasteiger partial charge in [-0.25, -0.2) is 0 Å². The summed E-state index contributed by atoms with van der Waals surface area (Å²) in [5.41, 5.74) is 23.8. The molecule has 3 atom stereocenters. The van der Waals surface area contributed by atoms with Crippen molar-refractivity contribution in [2.45, 2.75) is 35.9 Å². The van der Waals surface area contributed by atoms with Crippen LogP contribution < -0.4 is 26.7 Å². The average Bonchev–Trinajstić information content (AvgIpc) is 3.41. The third-order valence-corrected chi connectivity index (χ3v) is 8.98. The maximum absolute atomic E-state index is 13.7. The fraction of sp³-hybridized carbons (Fsp3) is 0.188. The number of ketones is 1. The minimum atomic E-state index is -1.38. The molecule has 7 nitrogen and oxygen atoms in total. The van der Waals surface area contributed by atoms with Gasteiger partial charge in [0.05, 0.1) is 11.6 Å². The zero-order valence-corrected chi connectivity index (χ0v) is 22.7. The highest BCUT2D eigenvalue weighted by atomic mass is 32.2. The average molecular weight is 549 g/mol. The van der Waals surface area contributed by atoms with Crippen LogP contribution in [0.3, 0.4) is 0 Å². The minimum Gasteiger partial charge on any atom is -0.488 e. The molecule has 0 fully saturated rings. The number of carbonyl (C=O) groups excluding carboxylic acids is 1. The van der Waals surface area contributed by atoms with E-state index in [4.69, 9.17) is 26.7 Å². The Hall–Kier alpha value is -4.29. The molecule has 0 aromatic heterocycles. The Bertz CT molecular complexity index is 1700. The quantitative estimate of drug-likeness (QED) is 0.282. The number of anilines is 1. The molecule has 4 aromatic carbocycles. The number of rotatable bonds is 6. The van der Waals surface area contributed by atoms with Crippen LogP contribution in [0.15, 0.2) is 83.8 Å². The molecule has 6 N–H and O–H groups in total. The number of hydrogen-bond acceptors (Lipinski definition) is 8. The van der Waals surface area contributed by atoms with Gasteiger partial charge in [-0.1, -0.05) is 36.4 Å². The first-order valence-corrected chi connectivity index (χ1v) is 13.9. The number of nitriles is 1. The number of para-hydroxylation sites is 1. The summed E-state index contributed by atoms with van der Waals surface area (Å²) in [7, 11) is 0. The lowest BCUT2D eigenvalue weighted by atomic mass is 9.66. The van der Waals surface area contributed by atoms with Crippen LogP contribution in [0, 0.1) is 18.3 Å². The molecule has 0 spiro atoms. The first-order chi connectivity index (χ1) is 19.3. The molecule has 2 aliphatic rings. The van der Waals surface area contributed by atoms with Gasteiger partial charge in [-0.05, 0) is 77.2 Å². The van der Waals surface area contributed by atoms with E-state index in [1.54, 1.807) is 30.0 Å². The smallest absolute Gasteiger partial charge is 0.179 e. The van der Waals surface area contributed by atoms with Crippen molar-refractivity contribution in [1.82, 2.24) is 0 Å². The van der Waals surface area contributed by atoms with Crippen LogP contribution in [0.4, 0.5) is 5.69 Å². The Balaban J connectivity index is 1.26. The molecule has 0 saturated carbocycles. The molecule has 8 heteroatoms. The molecule has 0 bridgehead atoms. The highest BCUT2D eigenvalue weighted by Crippen LogP contribution is 2.53. The van der Waals surface area contributed by atoms with Gasteiger partial charge in [0.15, 0.2) is 5.78 Å². The zero-order valence-electron chi connectivity index (χ0n) is 21.9. The van der Waals surface area contributed by atoms with Crippen molar-refractivity contribution < 1.29 is 14.3 Å². The van der Waals surface area contributed by atoms with Gasteiger partial charge in [-0.2, -0.15) is 5.26 Å². The molecule has 0 amide bonds. The van der Waals surface area contributed by atoms with E-state index in [1.165, 1.54) is 0 Å². The molecule has 1 heterocycles. The summed E-state index contributed by atoms with van der Waals surface area (Å²) in [5.74, 6) is 2.23. The molecule has 200 valence electrons. The van der Waals surface area contributed by atoms with E-state index in [1.807, 2.05) is 67.6 Å². The summed E-state index contributed by atoms with van der Waals surface area (Å²) in [5, 5.41) is 9.29. The normalized spacial score (nSPS) is 21.0. The number of aryl methyl sites for hydroxylation is 1. The fourth-order valence-corrected chi connectivity index (χ4v) is 7.08. The standard InChI is InChI=1S/C32H28N4O3S/c1-18-13-22(39-21-7-4-5-19(14-21)16-38-27-8-3-2-6-20(27)15-33)9-10-24(18)32(36)25-11-12-26(34)30-28(25)23(17-40-30)29(35)31(32)37/h2-14,23,29H,16-17,34-36H2,1H3. The Morgan fingerprint density at radius 3 is 2.60 bits per heavy atom. The van der Waals surface area contributed by atoms with Crippen molar-refractivity contribution in [3.8, 4) is 23.3 Å². The van der Waals surface area contributed by atoms with Crippen molar-refractivity contribution in [1.29, 1.82) is 5.26 Å². The molecule has 0 saturated heterocycles. The second kappa shape index (κ2) is 10.0. The largest absolute Gasteiger partial charge is 0.488 e. The molecular formula is C32H28N4O3S. The lowest BCUT2D eigenvalue weighted by molar-refractivity contribution is -0.125. The SMILES string of the molecule is Cc1cc(Oc2cccc(COc3ccccc3C#N)c2)ccc1C1(N)C(=O)C(N)C2CSc3c(N)ccc1c32. The highest BCUT2D eigenvalue weighted by molar-refractivity contribution is 7.99. The van der Waals surface area contributed by atoms with Crippen molar-refractivity contribution in [3.05, 3.63) is 112 Å². The molecule has 0 radical (unpaired) electrons. The monoisotopic (exact) mass is 548 g/mol. The Kier molecular flexibility index (Phi) is 6.51.